The Morgan fingerprint density at radius 1 is 1.05 bits per heavy atom. The van der Waals surface area contributed by atoms with Crippen LogP contribution in [0.15, 0.2) is 0 Å². The zero-order chi connectivity index (χ0) is 16.3. The smallest absolute Gasteiger partial charge is 0.326 e. The SMILES string of the molecule is CCCCCCCC[C@@H](NC(=O)[C@H](O)CC(C)C)C(=O)O. The van der Waals surface area contributed by atoms with E-state index in [0.29, 0.717) is 12.8 Å². The van der Waals surface area contributed by atoms with Gasteiger partial charge in [0.15, 0.2) is 0 Å². The average molecular weight is 301 g/mol. The van der Waals surface area contributed by atoms with Crippen LogP contribution in [-0.4, -0.2) is 34.2 Å². The molecule has 0 aliphatic carbocycles. The predicted molar refractivity (Wildman–Crippen MR) is 83.0 cm³/mol. The molecule has 124 valence electrons. The van der Waals surface area contributed by atoms with Gasteiger partial charge >= 0.3 is 5.97 Å². The molecule has 0 radical (unpaired) electrons. The summed E-state index contributed by atoms with van der Waals surface area (Å²) in [4.78, 5) is 22.9. The van der Waals surface area contributed by atoms with E-state index in [0.717, 1.165) is 19.3 Å². The van der Waals surface area contributed by atoms with Crippen molar-refractivity contribution in [1.29, 1.82) is 0 Å². The van der Waals surface area contributed by atoms with Crippen molar-refractivity contribution in [2.45, 2.75) is 84.3 Å². The van der Waals surface area contributed by atoms with E-state index >= 15 is 0 Å². The molecule has 0 saturated heterocycles. The number of aliphatic hydroxyl groups is 1. The van der Waals surface area contributed by atoms with Crippen LogP contribution in [0.5, 0.6) is 0 Å². The molecule has 0 heterocycles. The van der Waals surface area contributed by atoms with Crippen molar-refractivity contribution in [3.63, 3.8) is 0 Å². The van der Waals surface area contributed by atoms with Gasteiger partial charge in [0.2, 0.25) is 5.91 Å². The van der Waals surface area contributed by atoms with Gasteiger partial charge in [0.25, 0.3) is 0 Å². The Morgan fingerprint density at radius 2 is 1.62 bits per heavy atom. The number of carboxylic acids is 1. The molecular formula is C16H31NO4. The second kappa shape index (κ2) is 11.5. The van der Waals surface area contributed by atoms with Crippen molar-refractivity contribution < 1.29 is 19.8 Å². The van der Waals surface area contributed by atoms with E-state index in [-0.39, 0.29) is 5.92 Å². The number of aliphatic hydroxyl groups excluding tert-OH is 1. The van der Waals surface area contributed by atoms with Crippen LogP contribution in [0, 0.1) is 5.92 Å². The van der Waals surface area contributed by atoms with E-state index in [1.165, 1.54) is 19.3 Å². The number of rotatable bonds is 12. The number of hydrogen-bond donors (Lipinski definition) is 3. The normalized spacial score (nSPS) is 14.0. The highest BCUT2D eigenvalue weighted by molar-refractivity contribution is 5.86. The second-order valence-electron chi connectivity index (χ2n) is 6.10. The summed E-state index contributed by atoms with van der Waals surface area (Å²) in [5, 5.41) is 21.2. The molecule has 2 atom stereocenters. The molecule has 0 unspecified atom stereocenters. The second-order valence-corrected chi connectivity index (χ2v) is 6.10. The van der Waals surface area contributed by atoms with Gasteiger partial charge in [0.05, 0.1) is 0 Å². The Bertz CT molecular complexity index is 305. The van der Waals surface area contributed by atoms with Gasteiger partial charge in [0, 0.05) is 0 Å². The standard InChI is InChI=1S/C16H31NO4/c1-4-5-6-7-8-9-10-13(16(20)21)17-15(19)14(18)11-12(2)3/h12-14,18H,4-11H2,1-3H3,(H,17,19)(H,20,21)/t13-,14-/m1/s1. The van der Waals surface area contributed by atoms with Crippen molar-refractivity contribution in [1.82, 2.24) is 5.32 Å². The summed E-state index contributed by atoms with van der Waals surface area (Å²) in [6, 6.07) is -0.898. The summed E-state index contributed by atoms with van der Waals surface area (Å²) >= 11 is 0. The summed E-state index contributed by atoms with van der Waals surface area (Å²) in [5.74, 6) is -1.43. The minimum absolute atomic E-state index is 0.188. The van der Waals surface area contributed by atoms with Crippen molar-refractivity contribution >= 4 is 11.9 Å². The van der Waals surface area contributed by atoms with Crippen LogP contribution >= 0.6 is 0 Å². The topological polar surface area (TPSA) is 86.6 Å². The number of carbonyl (C=O) groups excluding carboxylic acids is 1. The van der Waals surface area contributed by atoms with Gasteiger partial charge in [-0.15, -0.1) is 0 Å². The molecule has 5 nitrogen and oxygen atoms in total. The van der Waals surface area contributed by atoms with Gasteiger partial charge in [-0.1, -0.05) is 59.3 Å². The maximum atomic E-state index is 11.7. The van der Waals surface area contributed by atoms with Crippen molar-refractivity contribution in [3.05, 3.63) is 0 Å². The third kappa shape index (κ3) is 10.3. The zero-order valence-electron chi connectivity index (χ0n) is 13.6. The Morgan fingerprint density at radius 3 is 2.14 bits per heavy atom. The van der Waals surface area contributed by atoms with Gasteiger partial charge in [-0.2, -0.15) is 0 Å². The van der Waals surface area contributed by atoms with Crippen LogP contribution in [-0.2, 0) is 9.59 Å². The van der Waals surface area contributed by atoms with E-state index in [1.54, 1.807) is 0 Å². The first-order valence-electron chi connectivity index (χ1n) is 8.09. The van der Waals surface area contributed by atoms with Gasteiger partial charge in [-0.05, 0) is 18.8 Å². The Hall–Kier alpha value is -1.10. The average Bonchev–Trinajstić information content (AvgIpc) is 2.39. The van der Waals surface area contributed by atoms with Crippen molar-refractivity contribution in [3.8, 4) is 0 Å². The molecule has 0 aromatic rings. The van der Waals surface area contributed by atoms with Crippen LogP contribution < -0.4 is 5.32 Å². The lowest BCUT2D eigenvalue weighted by Crippen LogP contribution is -2.45. The maximum absolute atomic E-state index is 11.7. The third-order valence-corrected chi connectivity index (χ3v) is 3.46. The summed E-state index contributed by atoms with van der Waals surface area (Å²) in [5.41, 5.74) is 0. The number of carboxylic acid groups (broad SMARTS) is 1. The van der Waals surface area contributed by atoms with E-state index in [9.17, 15) is 14.7 Å². The van der Waals surface area contributed by atoms with Crippen LogP contribution in [0.4, 0.5) is 0 Å². The van der Waals surface area contributed by atoms with Crippen molar-refractivity contribution in [2.75, 3.05) is 0 Å². The minimum Gasteiger partial charge on any atom is -0.480 e. The van der Waals surface area contributed by atoms with Gasteiger partial charge < -0.3 is 15.5 Å². The number of aliphatic carboxylic acids is 1. The molecule has 0 spiro atoms. The number of amides is 1. The lowest BCUT2D eigenvalue weighted by molar-refractivity contribution is -0.143. The molecule has 0 aliphatic heterocycles. The van der Waals surface area contributed by atoms with E-state index < -0.39 is 24.0 Å². The Labute approximate surface area is 128 Å². The minimum atomic E-state index is -1.13. The molecule has 0 aromatic heterocycles. The summed E-state index contributed by atoms with van der Waals surface area (Å²) in [7, 11) is 0. The molecule has 0 fully saturated rings. The first-order valence-corrected chi connectivity index (χ1v) is 8.09. The van der Waals surface area contributed by atoms with Crippen LogP contribution in [0.25, 0.3) is 0 Å². The number of carbonyl (C=O) groups is 2. The molecule has 21 heavy (non-hydrogen) atoms. The largest absolute Gasteiger partial charge is 0.480 e. The number of nitrogens with one attached hydrogen (secondary N) is 1. The fourth-order valence-corrected chi connectivity index (χ4v) is 2.21. The molecule has 5 heteroatoms. The highest BCUT2D eigenvalue weighted by atomic mass is 16.4. The van der Waals surface area contributed by atoms with Gasteiger partial charge in [-0.25, -0.2) is 4.79 Å². The van der Waals surface area contributed by atoms with Crippen LogP contribution in [0.2, 0.25) is 0 Å². The number of unbranched alkanes of at least 4 members (excludes halogenated alkanes) is 5. The summed E-state index contributed by atoms with van der Waals surface area (Å²) in [6.45, 7) is 5.96. The molecule has 0 saturated carbocycles. The van der Waals surface area contributed by atoms with Crippen molar-refractivity contribution in [2.24, 2.45) is 5.92 Å². The van der Waals surface area contributed by atoms with Gasteiger partial charge in [-0.3, -0.25) is 4.79 Å². The highest BCUT2D eigenvalue weighted by Crippen LogP contribution is 2.10. The molecule has 0 bridgehead atoms. The molecule has 0 rings (SSSR count). The summed E-state index contributed by atoms with van der Waals surface area (Å²) < 4.78 is 0. The molecular weight excluding hydrogens is 270 g/mol. The van der Waals surface area contributed by atoms with Crippen LogP contribution in [0.3, 0.4) is 0 Å². The fourth-order valence-electron chi connectivity index (χ4n) is 2.21. The first-order chi connectivity index (χ1) is 9.88. The lowest BCUT2D eigenvalue weighted by atomic mass is 10.0. The number of hydrogen-bond acceptors (Lipinski definition) is 3. The Kier molecular flexibility index (Phi) is 10.9. The lowest BCUT2D eigenvalue weighted by Gasteiger charge is -2.18. The monoisotopic (exact) mass is 301 g/mol. The highest BCUT2D eigenvalue weighted by Gasteiger charge is 2.23. The Balaban J connectivity index is 4.07. The van der Waals surface area contributed by atoms with Gasteiger partial charge in [0.1, 0.15) is 12.1 Å². The zero-order valence-corrected chi connectivity index (χ0v) is 13.6. The quantitative estimate of drug-likeness (QED) is 0.484. The molecule has 1 amide bonds. The molecule has 0 aromatic carbocycles. The molecule has 0 aliphatic rings. The van der Waals surface area contributed by atoms with Crippen LogP contribution in [0.1, 0.15) is 72.1 Å². The van der Waals surface area contributed by atoms with E-state index in [2.05, 4.69) is 12.2 Å². The summed E-state index contributed by atoms with van der Waals surface area (Å²) in [6.07, 6.45) is 6.06. The van der Waals surface area contributed by atoms with E-state index in [4.69, 9.17) is 5.11 Å². The maximum Gasteiger partial charge on any atom is 0.326 e. The molecule has 3 N–H and O–H groups in total. The predicted octanol–water partition coefficient (Wildman–Crippen LogP) is 2.71. The third-order valence-electron chi connectivity index (χ3n) is 3.46. The first kappa shape index (κ1) is 19.9. The fraction of sp³-hybridized carbons (Fsp3) is 0.875. The van der Waals surface area contributed by atoms with E-state index in [1.807, 2.05) is 13.8 Å².